The number of piperidine rings is 1. The molecule has 1 fully saturated rings. The number of rotatable bonds is 2. The third-order valence-electron chi connectivity index (χ3n) is 2.01. The normalized spacial score (nSPS) is 17.0. The van der Waals surface area contributed by atoms with E-state index in [-0.39, 0.29) is 5.91 Å². The Morgan fingerprint density at radius 1 is 1.38 bits per heavy atom. The highest BCUT2D eigenvalue weighted by molar-refractivity contribution is 5.88. The van der Waals surface area contributed by atoms with Gasteiger partial charge in [-0.3, -0.25) is 10.1 Å². The SMILES string of the molecule is N#CNC(=O)/C=C\N1CCCCC1. The van der Waals surface area contributed by atoms with Crippen molar-refractivity contribution in [3.8, 4) is 6.19 Å². The first-order valence-electron chi connectivity index (χ1n) is 4.44. The van der Waals surface area contributed by atoms with Crippen LogP contribution in [0.4, 0.5) is 0 Å². The minimum Gasteiger partial charge on any atom is -0.377 e. The Bertz CT molecular complexity index is 236. The average Bonchev–Trinajstić information content (AvgIpc) is 2.17. The summed E-state index contributed by atoms with van der Waals surface area (Å²) in [4.78, 5) is 12.9. The van der Waals surface area contributed by atoms with Gasteiger partial charge < -0.3 is 4.90 Å². The van der Waals surface area contributed by atoms with E-state index in [2.05, 4.69) is 4.90 Å². The van der Waals surface area contributed by atoms with E-state index in [1.807, 2.05) is 5.32 Å². The largest absolute Gasteiger partial charge is 0.377 e. The number of nitrogens with one attached hydrogen (secondary N) is 1. The van der Waals surface area contributed by atoms with E-state index in [9.17, 15) is 4.79 Å². The van der Waals surface area contributed by atoms with E-state index < -0.39 is 0 Å². The van der Waals surface area contributed by atoms with Gasteiger partial charge in [-0.2, -0.15) is 5.26 Å². The zero-order valence-corrected chi connectivity index (χ0v) is 7.49. The minimum absolute atomic E-state index is 0.354. The molecule has 1 aliphatic heterocycles. The third kappa shape index (κ3) is 3.61. The highest BCUT2D eigenvalue weighted by atomic mass is 16.1. The Balaban J connectivity index is 2.29. The molecule has 0 aromatic rings. The molecular formula is C9H13N3O. The van der Waals surface area contributed by atoms with Crippen molar-refractivity contribution < 1.29 is 4.79 Å². The summed E-state index contributed by atoms with van der Waals surface area (Å²) >= 11 is 0. The molecule has 0 atom stereocenters. The van der Waals surface area contributed by atoms with Crippen molar-refractivity contribution in [3.05, 3.63) is 12.3 Å². The van der Waals surface area contributed by atoms with Crippen LogP contribution in [0, 0.1) is 11.5 Å². The fourth-order valence-corrected chi connectivity index (χ4v) is 1.34. The lowest BCUT2D eigenvalue weighted by molar-refractivity contribution is -0.115. The minimum atomic E-state index is -0.354. The Hall–Kier alpha value is -1.50. The summed E-state index contributed by atoms with van der Waals surface area (Å²) in [6, 6.07) is 0. The molecule has 0 bridgehead atoms. The molecule has 0 aromatic carbocycles. The van der Waals surface area contributed by atoms with Crippen molar-refractivity contribution >= 4 is 5.91 Å². The van der Waals surface area contributed by atoms with Crippen molar-refractivity contribution in [2.75, 3.05) is 13.1 Å². The van der Waals surface area contributed by atoms with Gasteiger partial charge >= 0.3 is 0 Å². The van der Waals surface area contributed by atoms with E-state index in [0.717, 1.165) is 13.1 Å². The zero-order valence-electron chi connectivity index (χ0n) is 7.49. The monoisotopic (exact) mass is 179 g/mol. The summed E-state index contributed by atoms with van der Waals surface area (Å²) in [6.07, 6.45) is 8.38. The van der Waals surface area contributed by atoms with Crippen LogP contribution in [0.2, 0.25) is 0 Å². The number of nitriles is 1. The molecule has 1 aliphatic rings. The van der Waals surface area contributed by atoms with Gasteiger partial charge in [-0.15, -0.1) is 0 Å². The number of hydrogen-bond acceptors (Lipinski definition) is 3. The van der Waals surface area contributed by atoms with Crippen LogP contribution in [-0.4, -0.2) is 23.9 Å². The highest BCUT2D eigenvalue weighted by Gasteiger charge is 2.05. The molecule has 0 aliphatic carbocycles. The molecule has 70 valence electrons. The fraction of sp³-hybridized carbons (Fsp3) is 0.556. The molecule has 4 nitrogen and oxygen atoms in total. The second kappa shape index (κ2) is 5.20. The molecule has 0 spiro atoms. The summed E-state index contributed by atoms with van der Waals surface area (Å²) in [5.41, 5.74) is 0. The number of hydrogen-bond donors (Lipinski definition) is 1. The highest BCUT2D eigenvalue weighted by Crippen LogP contribution is 2.08. The lowest BCUT2D eigenvalue weighted by atomic mass is 10.1. The standard InChI is InChI=1S/C9H13N3O/c10-8-11-9(13)4-7-12-5-2-1-3-6-12/h4,7H,1-3,5-6H2,(H,11,13)/b7-4-. The van der Waals surface area contributed by atoms with Crippen LogP contribution < -0.4 is 5.32 Å². The summed E-state index contributed by atoms with van der Waals surface area (Å²) in [5, 5.41) is 10.2. The van der Waals surface area contributed by atoms with Crippen molar-refractivity contribution in [1.29, 1.82) is 5.26 Å². The second-order valence-electron chi connectivity index (χ2n) is 3.01. The lowest BCUT2D eigenvalue weighted by Crippen LogP contribution is -2.25. The van der Waals surface area contributed by atoms with Gasteiger partial charge in [0.15, 0.2) is 6.19 Å². The molecule has 1 amide bonds. The Morgan fingerprint density at radius 3 is 2.69 bits per heavy atom. The third-order valence-corrected chi connectivity index (χ3v) is 2.01. The topological polar surface area (TPSA) is 56.1 Å². The van der Waals surface area contributed by atoms with Crippen LogP contribution in [0.15, 0.2) is 12.3 Å². The van der Waals surface area contributed by atoms with Crippen LogP contribution in [0.5, 0.6) is 0 Å². The molecule has 1 saturated heterocycles. The number of amides is 1. The second-order valence-corrected chi connectivity index (χ2v) is 3.01. The molecule has 1 N–H and O–H groups in total. The van der Waals surface area contributed by atoms with Gasteiger partial charge in [0, 0.05) is 25.4 Å². The molecule has 1 heterocycles. The molecule has 0 saturated carbocycles. The van der Waals surface area contributed by atoms with Crippen molar-refractivity contribution in [1.82, 2.24) is 10.2 Å². The number of nitrogens with zero attached hydrogens (tertiary/aromatic N) is 2. The predicted molar refractivity (Wildman–Crippen MR) is 48.3 cm³/mol. The molecule has 0 radical (unpaired) electrons. The zero-order chi connectivity index (χ0) is 9.52. The van der Waals surface area contributed by atoms with Crippen molar-refractivity contribution in [3.63, 3.8) is 0 Å². The fourth-order valence-electron chi connectivity index (χ4n) is 1.34. The van der Waals surface area contributed by atoms with Crippen LogP contribution in [0.1, 0.15) is 19.3 Å². The van der Waals surface area contributed by atoms with Crippen molar-refractivity contribution in [2.45, 2.75) is 19.3 Å². The van der Waals surface area contributed by atoms with Gasteiger partial charge in [0.1, 0.15) is 0 Å². The lowest BCUT2D eigenvalue weighted by Gasteiger charge is -2.24. The van der Waals surface area contributed by atoms with Crippen molar-refractivity contribution in [2.24, 2.45) is 0 Å². The summed E-state index contributed by atoms with van der Waals surface area (Å²) < 4.78 is 0. The smallest absolute Gasteiger partial charge is 0.258 e. The van der Waals surface area contributed by atoms with E-state index in [0.29, 0.717) is 0 Å². The summed E-state index contributed by atoms with van der Waals surface area (Å²) in [7, 11) is 0. The van der Waals surface area contributed by atoms with Crippen LogP contribution >= 0.6 is 0 Å². The van der Waals surface area contributed by atoms with Crippen LogP contribution in [-0.2, 0) is 4.79 Å². The average molecular weight is 179 g/mol. The Morgan fingerprint density at radius 2 is 2.08 bits per heavy atom. The van der Waals surface area contributed by atoms with Gasteiger partial charge in [-0.25, -0.2) is 0 Å². The molecule has 0 unspecified atom stereocenters. The molecular weight excluding hydrogens is 166 g/mol. The Kier molecular flexibility index (Phi) is 3.83. The van der Waals surface area contributed by atoms with Gasteiger partial charge in [0.05, 0.1) is 0 Å². The molecule has 4 heteroatoms. The van der Waals surface area contributed by atoms with Gasteiger partial charge in [0.25, 0.3) is 5.91 Å². The first-order valence-corrected chi connectivity index (χ1v) is 4.44. The molecule has 1 rings (SSSR count). The van der Waals surface area contributed by atoms with Gasteiger partial charge in [-0.1, -0.05) is 0 Å². The maximum absolute atomic E-state index is 10.8. The summed E-state index contributed by atoms with van der Waals surface area (Å²) in [5.74, 6) is -0.354. The Labute approximate surface area is 77.8 Å². The van der Waals surface area contributed by atoms with E-state index in [4.69, 9.17) is 5.26 Å². The number of carbonyl (C=O) groups excluding carboxylic acids is 1. The first-order chi connectivity index (χ1) is 6.33. The molecule has 0 aromatic heterocycles. The van der Waals surface area contributed by atoms with Gasteiger partial charge in [-0.05, 0) is 19.3 Å². The first kappa shape index (κ1) is 9.59. The molecule has 13 heavy (non-hydrogen) atoms. The maximum atomic E-state index is 10.8. The quantitative estimate of drug-likeness (QED) is 0.383. The maximum Gasteiger partial charge on any atom is 0.258 e. The van der Waals surface area contributed by atoms with E-state index in [1.165, 1.54) is 25.3 Å². The predicted octanol–water partition coefficient (Wildman–Crippen LogP) is 0.583. The van der Waals surface area contributed by atoms with E-state index >= 15 is 0 Å². The number of carbonyl (C=O) groups is 1. The van der Waals surface area contributed by atoms with Crippen LogP contribution in [0.3, 0.4) is 0 Å². The summed E-state index contributed by atoms with van der Waals surface area (Å²) in [6.45, 7) is 2.02. The number of likely N-dealkylation sites (tertiary alicyclic amines) is 1. The van der Waals surface area contributed by atoms with Crippen LogP contribution in [0.25, 0.3) is 0 Å². The van der Waals surface area contributed by atoms with Gasteiger partial charge in [0.2, 0.25) is 0 Å². The van der Waals surface area contributed by atoms with E-state index in [1.54, 1.807) is 12.4 Å².